The largest absolute Gasteiger partial charge is 0.314 e. The van der Waals surface area contributed by atoms with Gasteiger partial charge in [0.05, 0.1) is 5.69 Å². The topological polar surface area (TPSA) is 29.9 Å². The minimum Gasteiger partial charge on any atom is -0.314 e. The normalized spacial score (nSPS) is 18.3. The van der Waals surface area contributed by atoms with E-state index in [4.69, 9.17) is 0 Å². The lowest BCUT2D eigenvalue weighted by molar-refractivity contribution is 0.444. The highest BCUT2D eigenvalue weighted by Gasteiger charge is 2.20. The molecule has 1 aromatic heterocycles. The standard InChI is InChI=1S/C16H21N3/c1-17-11-15-9-10-18-19(15)12-14-7-4-6-13-5-2-3-8-16(13)14/h2-3,5,8-10,14,17H,4,6-7,11-12H2,1H3. The Bertz CT molecular complexity index is 544. The van der Waals surface area contributed by atoms with Crippen molar-refractivity contribution in [2.75, 3.05) is 7.05 Å². The van der Waals surface area contributed by atoms with Crippen LogP contribution in [0.1, 0.15) is 35.6 Å². The number of benzene rings is 1. The van der Waals surface area contributed by atoms with E-state index in [0.717, 1.165) is 13.1 Å². The second-order valence-electron chi connectivity index (χ2n) is 5.32. The summed E-state index contributed by atoms with van der Waals surface area (Å²) < 4.78 is 2.16. The summed E-state index contributed by atoms with van der Waals surface area (Å²) in [5.74, 6) is 0.612. The van der Waals surface area contributed by atoms with Gasteiger partial charge in [0, 0.05) is 25.2 Å². The highest BCUT2D eigenvalue weighted by atomic mass is 15.3. The lowest BCUT2D eigenvalue weighted by atomic mass is 9.83. The molecule has 0 radical (unpaired) electrons. The summed E-state index contributed by atoms with van der Waals surface area (Å²) in [5, 5.41) is 7.68. The lowest BCUT2D eigenvalue weighted by Crippen LogP contribution is -2.19. The summed E-state index contributed by atoms with van der Waals surface area (Å²) in [5.41, 5.74) is 4.33. The third kappa shape index (κ3) is 2.56. The maximum Gasteiger partial charge on any atom is 0.0522 e. The van der Waals surface area contributed by atoms with Crippen molar-refractivity contribution < 1.29 is 0 Å². The van der Waals surface area contributed by atoms with Crippen LogP contribution in [0.4, 0.5) is 0 Å². The van der Waals surface area contributed by atoms with Gasteiger partial charge in [-0.1, -0.05) is 24.3 Å². The fraction of sp³-hybridized carbons (Fsp3) is 0.438. The first-order valence-corrected chi connectivity index (χ1v) is 7.11. The third-order valence-corrected chi connectivity index (χ3v) is 4.05. The Labute approximate surface area is 114 Å². The van der Waals surface area contributed by atoms with Crippen LogP contribution in [0.2, 0.25) is 0 Å². The van der Waals surface area contributed by atoms with Gasteiger partial charge in [0.15, 0.2) is 0 Å². The van der Waals surface area contributed by atoms with Gasteiger partial charge in [-0.25, -0.2) is 0 Å². The van der Waals surface area contributed by atoms with Crippen LogP contribution in [0, 0.1) is 0 Å². The molecule has 1 unspecified atom stereocenters. The molecule has 0 saturated heterocycles. The van der Waals surface area contributed by atoms with Crippen LogP contribution in [0.15, 0.2) is 36.5 Å². The summed E-state index contributed by atoms with van der Waals surface area (Å²) in [6.45, 7) is 1.88. The van der Waals surface area contributed by atoms with Crippen molar-refractivity contribution in [2.24, 2.45) is 0 Å². The smallest absolute Gasteiger partial charge is 0.0522 e. The van der Waals surface area contributed by atoms with E-state index >= 15 is 0 Å². The quantitative estimate of drug-likeness (QED) is 0.910. The molecule has 1 aromatic carbocycles. The van der Waals surface area contributed by atoms with Crippen LogP contribution in [0.25, 0.3) is 0 Å². The maximum absolute atomic E-state index is 4.48. The molecular weight excluding hydrogens is 234 g/mol. The van der Waals surface area contributed by atoms with E-state index in [1.807, 2.05) is 13.2 Å². The lowest BCUT2D eigenvalue weighted by Gasteiger charge is -2.26. The van der Waals surface area contributed by atoms with Crippen molar-refractivity contribution in [3.8, 4) is 0 Å². The van der Waals surface area contributed by atoms with Gasteiger partial charge in [-0.15, -0.1) is 0 Å². The predicted octanol–water partition coefficient (Wildman–Crippen LogP) is 2.72. The Kier molecular flexibility index (Phi) is 3.65. The van der Waals surface area contributed by atoms with Gasteiger partial charge >= 0.3 is 0 Å². The zero-order valence-corrected chi connectivity index (χ0v) is 11.5. The molecule has 3 nitrogen and oxygen atoms in total. The number of fused-ring (bicyclic) bond motifs is 1. The number of hydrogen-bond acceptors (Lipinski definition) is 2. The van der Waals surface area contributed by atoms with E-state index in [2.05, 4.69) is 45.4 Å². The predicted molar refractivity (Wildman–Crippen MR) is 77.1 cm³/mol. The Morgan fingerprint density at radius 2 is 2.21 bits per heavy atom. The summed E-state index contributed by atoms with van der Waals surface area (Å²) in [7, 11) is 1.98. The first kappa shape index (κ1) is 12.4. The average molecular weight is 255 g/mol. The molecule has 1 atom stereocenters. The number of aromatic nitrogens is 2. The molecule has 0 bridgehead atoms. The van der Waals surface area contributed by atoms with Crippen LogP contribution < -0.4 is 5.32 Å². The molecule has 0 aliphatic heterocycles. The van der Waals surface area contributed by atoms with Crippen molar-refractivity contribution in [1.29, 1.82) is 0 Å². The second kappa shape index (κ2) is 5.57. The van der Waals surface area contributed by atoms with E-state index < -0.39 is 0 Å². The summed E-state index contributed by atoms with van der Waals surface area (Å²) in [6.07, 6.45) is 5.71. The molecule has 1 N–H and O–H groups in total. The molecule has 2 aromatic rings. The van der Waals surface area contributed by atoms with Crippen LogP contribution in [-0.4, -0.2) is 16.8 Å². The molecule has 1 aliphatic rings. The van der Waals surface area contributed by atoms with Gasteiger partial charge in [0.2, 0.25) is 0 Å². The molecule has 0 amide bonds. The van der Waals surface area contributed by atoms with Crippen LogP contribution in [0.5, 0.6) is 0 Å². The number of hydrogen-bond donors (Lipinski definition) is 1. The molecule has 100 valence electrons. The van der Waals surface area contributed by atoms with Gasteiger partial charge in [0.25, 0.3) is 0 Å². The molecule has 0 saturated carbocycles. The van der Waals surface area contributed by atoms with Gasteiger partial charge in [-0.2, -0.15) is 5.10 Å². The molecular formula is C16H21N3. The maximum atomic E-state index is 4.48. The molecule has 3 rings (SSSR count). The minimum absolute atomic E-state index is 0.612. The van der Waals surface area contributed by atoms with E-state index in [9.17, 15) is 0 Å². The zero-order valence-electron chi connectivity index (χ0n) is 11.5. The van der Waals surface area contributed by atoms with E-state index in [0.29, 0.717) is 5.92 Å². The minimum atomic E-state index is 0.612. The van der Waals surface area contributed by atoms with Crippen LogP contribution in [0.3, 0.4) is 0 Å². The SMILES string of the molecule is CNCc1ccnn1CC1CCCc2ccccc21. The van der Waals surface area contributed by atoms with Crippen molar-refractivity contribution in [3.05, 3.63) is 53.3 Å². The third-order valence-electron chi connectivity index (χ3n) is 4.05. The first-order valence-electron chi connectivity index (χ1n) is 7.11. The molecule has 1 heterocycles. The Morgan fingerprint density at radius 3 is 3.11 bits per heavy atom. The van der Waals surface area contributed by atoms with Crippen molar-refractivity contribution in [3.63, 3.8) is 0 Å². The summed E-state index contributed by atoms with van der Waals surface area (Å²) in [6, 6.07) is 11.0. The molecule has 3 heteroatoms. The number of rotatable bonds is 4. The number of nitrogens with one attached hydrogen (secondary N) is 1. The second-order valence-corrected chi connectivity index (χ2v) is 5.32. The van der Waals surface area contributed by atoms with Gasteiger partial charge < -0.3 is 5.32 Å². The van der Waals surface area contributed by atoms with E-state index in [-0.39, 0.29) is 0 Å². The molecule has 19 heavy (non-hydrogen) atoms. The van der Waals surface area contributed by atoms with Crippen molar-refractivity contribution >= 4 is 0 Å². The molecule has 1 aliphatic carbocycles. The Hall–Kier alpha value is -1.61. The highest BCUT2D eigenvalue weighted by molar-refractivity contribution is 5.32. The Balaban J connectivity index is 1.82. The van der Waals surface area contributed by atoms with E-state index in [1.165, 1.54) is 36.1 Å². The fourth-order valence-electron chi connectivity index (χ4n) is 3.11. The average Bonchev–Trinajstić information content (AvgIpc) is 2.87. The first-order chi connectivity index (χ1) is 9.38. The van der Waals surface area contributed by atoms with Gasteiger partial charge in [-0.05, 0) is 43.5 Å². The van der Waals surface area contributed by atoms with E-state index in [1.54, 1.807) is 0 Å². The fourth-order valence-corrected chi connectivity index (χ4v) is 3.11. The van der Waals surface area contributed by atoms with Gasteiger partial charge in [-0.3, -0.25) is 4.68 Å². The molecule has 0 spiro atoms. The Morgan fingerprint density at radius 1 is 1.32 bits per heavy atom. The van der Waals surface area contributed by atoms with Crippen LogP contribution in [-0.2, 0) is 19.5 Å². The van der Waals surface area contributed by atoms with Crippen molar-refractivity contribution in [2.45, 2.75) is 38.3 Å². The molecule has 0 fully saturated rings. The van der Waals surface area contributed by atoms with Crippen molar-refractivity contribution in [1.82, 2.24) is 15.1 Å². The van der Waals surface area contributed by atoms with Crippen LogP contribution >= 0.6 is 0 Å². The highest BCUT2D eigenvalue weighted by Crippen LogP contribution is 2.32. The summed E-state index contributed by atoms with van der Waals surface area (Å²) >= 11 is 0. The van der Waals surface area contributed by atoms with Gasteiger partial charge in [0.1, 0.15) is 0 Å². The zero-order chi connectivity index (χ0) is 13.1. The monoisotopic (exact) mass is 255 g/mol. The number of aryl methyl sites for hydroxylation is 1. The number of nitrogens with zero attached hydrogens (tertiary/aromatic N) is 2. The summed E-state index contributed by atoms with van der Waals surface area (Å²) in [4.78, 5) is 0.